The first kappa shape index (κ1) is 14.7. The SMILES string of the molecule is NCC1CCCCC1COCOCC(F)(F)F. The lowest BCUT2D eigenvalue weighted by Crippen LogP contribution is -2.30. The molecule has 2 N–H and O–H groups in total. The zero-order valence-corrected chi connectivity index (χ0v) is 9.84. The van der Waals surface area contributed by atoms with Crippen LogP contribution >= 0.6 is 0 Å². The van der Waals surface area contributed by atoms with Crippen molar-refractivity contribution < 1.29 is 22.6 Å². The average molecular weight is 255 g/mol. The second-order valence-corrected chi connectivity index (χ2v) is 4.49. The molecule has 0 spiro atoms. The fourth-order valence-electron chi connectivity index (χ4n) is 2.23. The molecule has 1 rings (SSSR count). The summed E-state index contributed by atoms with van der Waals surface area (Å²) in [5.41, 5.74) is 5.65. The summed E-state index contributed by atoms with van der Waals surface area (Å²) in [7, 11) is 0. The molecule has 0 aromatic carbocycles. The van der Waals surface area contributed by atoms with Gasteiger partial charge < -0.3 is 15.2 Å². The third-order valence-electron chi connectivity index (χ3n) is 3.13. The summed E-state index contributed by atoms with van der Waals surface area (Å²) in [5.74, 6) is 0.801. The highest BCUT2D eigenvalue weighted by atomic mass is 19.4. The van der Waals surface area contributed by atoms with Crippen LogP contribution in [-0.4, -0.2) is 32.7 Å². The van der Waals surface area contributed by atoms with Crippen LogP contribution in [0.1, 0.15) is 25.7 Å². The number of rotatable bonds is 6. The van der Waals surface area contributed by atoms with E-state index in [9.17, 15) is 13.2 Å². The molecule has 2 unspecified atom stereocenters. The molecule has 0 aliphatic heterocycles. The Hall–Kier alpha value is -0.330. The number of ether oxygens (including phenoxy) is 2. The lowest BCUT2D eigenvalue weighted by molar-refractivity contribution is -0.198. The Bertz CT molecular complexity index is 211. The van der Waals surface area contributed by atoms with Crippen molar-refractivity contribution in [3.05, 3.63) is 0 Å². The molecule has 0 amide bonds. The highest BCUT2D eigenvalue weighted by Gasteiger charge is 2.28. The van der Waals surface area contributed by atoms with Gasteiger partial charge in [-0.1, -0.05) is 12.8 Å². The highest BCUT2D eigenvalue weighted by Crippen LogP contribution is 2.29. The number of halogens is 3. The Morgan fingerprint density at radius 1 is 1.06 bits per heavy atom. The van der Waals surface area contributed by atoms with E-state index < -0.39 is 12.8 Å². The second kappa shape index (κ2) is 7.18. The van der Waals surface area contributed by atoms with Crippen LogP contribution in [0, 0.1) is 11.8 Å². The molecule has 0 heterocycles. The first-order valence-corrected chi connectivity index (χ1v) is 5.95. The Balaban J connectivity index is 2.08. The van der Waals surface area contributed by atoms with E-state index in [2.05, 4.69) is 4.74 Å². The molecule has 0 aromatic heterocycles. The summed E-state index contributed by atoms with van der Waals surface area (Å²) in [6.45, 7) is -0.484. The topological polar surface area (TPSA) is 44.5 Å². The minimum atomic E-state index is -4.28. The Morgan fingerprint density at radius 3 is 2.29 bits per heavy atom. The molecule has 2 atom stereocenters. The number of alkyl halides is 3. The second-order valence-electron chi connectivity index (χ2n) is 4.49. The summed E-state index contributed by atoms with van der Waals surface area (Å²) in [6, 6.07) is 0. The van der Waals surface area contributed by atoms with E-state index in [1.54, 1.807) is 0 Å². The van der Waals surface area contributed by atoms with Crippen LogP contribution in [0.4, 0.5) is 13.2 Å². The van der Waals surface area contributed by atoms with E-state index >= 15 is 0 Å². The fourth-order valence-corrected chi connectivity index (χ4v) is 2.23. The Labute approximate surface area is 99.4 Å². The third kappa shape index (κ3) is 6.24. The predicted molar refractivity (Wildman–Crippen MR) is 57.3 cm³/mol. The molecule has 3 nitrogen and oxygen atoms in total. The summed E-state index contributed by atoms with van der Waals surface area (Å²) in [5, 5.41) is 0. The largest absolute Gasteiger partial charge is 0.411 e. The van der Waals surface area contributed by atoms with Gasteiger partial charge in [0.15, 0.2) is 0 Å². The maximum Gasteiger partial charge on any atom is 0.411 e. The van der Waals surface area contributed by atoms with Crippen molar-refractivity contribution in [3.63, 3.8) is 0 Å². The number of nitrogens with two attached hydrogens (primary N) is 1. The molecule has 17 heavy (non-hydrogen) atoms. The van der Waals surface area contributed by atoms with Gasteiger partial charge in [0.05, 0.1) is 6.61 Å². The zero-order chi connectivity index (χ0) is 12.7. The Kier molecular flexibility index (Phi) is 6.22. The van der Waals surface area contributed by atoms with E-state index in [0.717, 1.165) is 19.3 Å². The maximum absolute atomic E-state index is 11.8. The molecule has 0 saturated heterocycles. The molecule has 0 aromatic rings. The molecule has 1 aliphatic carbocycles. The smallest absolute Gasteiger partial charge is 0.355 e. The van der Waals surface area contributed by atoms with E-state index in [1.165, 1.54) is 6.42 Å². The summed E-state index contributed by atoms with van der Waals surface area (Å²) >= 11 is 0. The third-order valence-corrected chi connectivity index (χ3v) is 3.13. The van der Waals surface area contributed by atoms with E-state index in [-0.39, 0.29) is 6.79 Å². The van der Waals surface area contributed by atoms with Gasteiger partial charge in [-0.05, 0) is 31.2 Å². The molecule has 1 aliphatic rings. The molecular weight excluding hydrogens is 235 g/mol. The summed E-state index contributed by atoms with van der Waals surface area (Å²) in [4.78, 5) is 0. The normalized spacial score (nSPS) is 26.1. The van der Waals surface area contributed by atoms with Crippen LogP contribution in [0.3, 0.4) is 0 Å². The van der Waals surface area contributed by atoms with Gasteiger partial charge in [0.25, 0.3) is 0 Å². The molecular formula is C11H20F3NO2. The molecule has 102 valence electrons. The predicted octanol–water partition coefficient (Wildman–Crippen LogP) is 2.30. The number of hydrogen-bond acceptors (Lipinski definition) is 3. The van der Waals surface area contributed by atoms with Crippen LogP contribution in [0.5, 0.6) is 0 Å². The quantitative estimate of drug-likeness (QED) is 0.585. The van der Waals surface area contributed by atoms with Gasteiger partial charge in [0.2, 0.25) is 0 Å². The van der Waals surface area contributed by atoms with Gasteiger partial charge in [0, 0.05) is 0 Å². The molecule has 1 fully saturated rings. The van der Waals surface area contributed by atoms with Crippen molar-refractivity contribution in [1.29, 1.82) is 0 Å². The van der Waals surface area contributed by atoms with Gasteiger partial charge >= 0.3 is 6.18 Å². The molecule has 0 radical (unpaired) electrons. The van der Waals surface area contributed by atoms with Crippen molar-refractivity contribution in [2.24, 2.45) is 17.6 Å². The lowest BCUT2D eigenvalue weighted by Gasteiger charge is -2.30. The van der Waals surface area contributed by atoms with Crippen molar-refractivity contribution >= 4 is 0 Å². The first-order valence-electron chi connectivity index (χ1n) is 5.95. The number of hydrogen-bond donors (Lipinski definition) is 1. The van der Waals surface area contributed by atoms with Gasteiger partial charge in [-0.2, -0.15) is 13.2 Å². The highest BCUT2D eigenvalue weighted by molar-refractivity contribution is 4.75. The van der Waals surface area contributed by atoms with Crippen LogP contribution in [0.25, 0.3) is 0 Å². The molecule has 6 heteroatoms. The fraction of sp³-hybridized carbons (Fsp3) is 1.00. The van der Waals surface area contributed by atoms with Gasteiger partial charge in [0.1, 0.15) is 13.4 Å². The maximum atomic E-state index is 11.8. The van der Waals surface area contributed by atoms with E-state index in [0.29, 0.717) is 25.0 Å². The van der Waals surface area contributed by atoms with Crippen LogP contribution < -0.4 is 5.73 Å². The minimum absolute atomic E-state index is 0.298. The lowest BCUT2D eigenvalue weighted by atomic mass is 9.80. The van der Waals surface area contributed by atoms with Gasteiger partial charge in [-0.15, -0.1) is 0 Å². The summed E-state index contributed by atoms with van der Waals surface area (Å²) < 4.78 is 44.8. The monoisotopic (exact) mass is 255 g/mol. The Morgan fingerprint density at radius 2 is 1.71 bits per heavy atom. The summed E-state index contributed by atoms with van der Waals surface area (Å²) in [6.07, 6.45) is 0.180. The van der Waals surface area contributed by atoms with Crippen molar-refractivity contribution in [2.75, 3.05) is 26.6 Å². The van der Waals surface area contributed by atoms with Crippen molar-refractivity contribution in [2.45, 2.75) is 31.9 Å². The standard InChI is InChI=1S/C11H20F3NO2/c12-11(13,14)7-17-8-16-6-10-4-2-1-3-9(10)5-15/h9-10H,1-8,15H2. The van der Waals surface area contributed by atoms with Crippen LogP contribution in [0.15, 0.2) is 0 Å². The first-order chi connectivity index (χ1) is 8.03. The van der Waals surface area contributed by atoms with E-state index in [1.807, 2.05) is 0 Å². The van der Waals surface area contributed by atoms with E-state index in [4.69, 9.17) is 10.5 Å². The minimum Gasteiger partial charge on any atom is -0.355 e. The van der Waals surface area contributed by atoms with Gasteiger partial charge in [-0.3, -0.25) is 0 Å². The average Bonchev–Trinajstić information content (AvgIpc) is 2.27. The molecule has 0 bridgehead atoms. The van der Waals surface area contributed by atoms with Crippen molar-refractivity contribution in [1.82, 2.24) is 0 Å². The van der Waals surface area contributed by atoms with Crippen molar-refractivity contribution in [3.8, 4) is 0 Å². The zero-order valence-electron chi connectivity index (χ0n) is 9.84. The van der Waals surface area contributed by atoms with Crippen LogP contribution in [-0.2, 0) is 9.47 Å². The molecule has 1 saturated carbocycles. The van der Waals surface area contributed by atoms with Crippen LogP contribution in [0.2, 0.25) is 0 Å². The van der Waals surface area contributed by atoms with Gasteiger partial charge in [-0.25, -0.2) is 0 Å².